The number of piperidine rings is 1. The van der Waals surface area contributed by atoms with E-state index in [1.807, 2.05) is 24.3 Å². The molecule has 1 saturated carbocycles. The number of halogens is 1. The van der Waals surface area contributed by atoms with Gasteiger partial charge in [0, 0.05) is 56.0 Å². The summed E-state index contributed by atoms with van der Waals surface area (Å²) in [7, 11) is 0. The van der Waals surface area contributed by atoms with E-state index in [4.69, 9.17) is 16.3 Å². The standard InChI is InChI=1S/C27H29ClN4O4/c28-21-12-29-10-9-19(21)17-13-31(14-17)22-3-1-2-4-24(22)36-18-5-6-20-16(11-18)15-32(27(20)35)23-7-8-25(33)30-26(23)34/h5-6,9-12,17,22-24H,1-4,7-8,13-15H2,(H,30,33,34)/t22-,23-,24-/m1/s1. The number of fused-ring (bicyclic) bond motifs is 1. The van der Waals surface area contributed by atoms with Crippen LogP contribution in [0.2, 0.25) is 5.02 Å². The molecule has 3 atom stereocenters. The highest BCUT2D eigenvalue weighted by Gasteiger charge is 2.41. The largest absolute Gasteiger partial charge is 0.489 e. The fourth-order valence-electron chi connectivity index (χ4n) is 6.13. The third-order valence-electron chi connectivity index (χ3n) is 8.07. The molecule has 0 bridgehead atoms. The summed E-state index contributed by atoms with van der Waals surface area (Å²) in [4.78, 5) is 45.0. The lowest BCUT2D eigenvalue weighted by atomic mass is 9.84. The van der Waals surface area contributed by atoms with Gasteiger partial charge in [0.1, 0.15) is 17.9 Å². The molecular formula is C27H29ClN4O4. The molecule has 1 aromatic carbocycles. The molecule has 2 aromatic rings. The van der Waals surface area contributed by atoms with Crippen LogP contribution in [0.25, 0.3) is 0 Å². The highest BCUT2D eigenvalue weighted by Crippen LogP contribution is 2.38. The predicted octanol–water partition coefficient (Wildman–Crippen LogP) is 3.29. The van der Waals surface area contributed by atoms with E-state index in [1.165, 1.54) is 12.0 Å². The minimum absolute atomic E-state index is 0.0917. The number of hydrogen-bond donors (Lipinski definition) is 1. The Hall–Kier alpha value is -2.97. The first kappa shape index (κ1) is 23.4. The third-order valence-corrected chi connectivity index (χ3v) is 8.39. The highest BCUT2D eigenvalue weighted by atomic mass is 35.5. The van der Waals surface area contributed by atoms with Crippen molar-refractivity contribution >= 4 is 29.3 Å². The first-order chi connectivity index (χ1) is 17.5. The maximum absolute atomic E-state index is 13.0. The first-order valence-corrected chi connectivity index (χ1v) is 13.1. The Balaban J connectivity index is 1.12. The number of likely N-dealkylation sites (tertiary alicyclic amines) is 1. The average Bonchev–Trinajstić information content (AvgIpc) is 3.16. The zero-order valence-corrected chi connectivity index (χ0v) is 20.7. The van der Waals surface area contributed by atoms with Crippen molar-refractivity contribution in [1.82, 2.24) is 20.1 Å². The normalized spacial score (nSPS) is 27.0. The lowest BCUT2D eigenvalue weighted by molar-refractivity contribution is -0.136. The topological polar surface area (TPSA) is 91.8 Å². The zero-order valence-electron chi connectivity index (χ0n) is 20.0. The smallest absolute Gasteiger partial charge is 0.255 e. The molecule has 1 aromatic heterocycles. The molecule has 3 aliphatic heterocycles. The molecule has 6 rings (SSSR count). The van der Waals surface area contributed by atoms with Crippen molar-refractivity contribution in [3.05, 3.63) is 58.4 Å². The molecule has 0 unspecified atom stereocenters. The Labute approximate surface area is 214 Å². The Morgan fingerprint density at radius 3 is 2.69 bits per heavy atom. The van der Waals surface area contributed by atoms with Crippen LogP contribution in [0.4, 0.5) is 0 Å². The number of nitrogens with zero attached hydrogens (tertiary/aromatic N) is 3. The number of amides is 3. The molecule has 9 heteroatoms. The van der Waals surface area contributed by atoms with Gasteiger partial charge in [-0.3, -0.25) is 29.6 Å². The number of ether oxygens (including phenoxy) is 1. The second kappa shape index (κ2) is 9.48. The van der Waals surface area contributed by atoms with Crippen LogP contribution in [0.1, 0.15) is 65.9 Å². The summed E-state index contributed by atoms with van der Waals surface area (Å²) < 4.78 is 6.53. The minimum atomic E-state index is -0.608. The SMILES string of the molecule is O=C1CC[C@@H](N2Cc3cc(O[C@@H]4CCCC[C@H]4N4CC(c5ccncc5Cl)C4)ccc3C2=O)C(=O)N1. The lowest BCUT2D eigenvalue weighted by Gasteiger charge is -2.48. The number of carbonyl (C=O) groups is 3. The van der Waals surface area contributed by atoms with Crippen LogP contribution in [-0.2, 0) is 16.1 Å². The summed E-state index contributed by atoms with van der Waals surface area (Å²) in [6, 6.07) is 7.38. The van der Waals surface area contributed by atoms with E-state index in [1.54, 1.807) is 17.3 Å². The van der Waals surface area contributed by atoms with Crippen LogP contribution in [0.3, 0.4) is 0 Å². The Bertz CT molecular complexity index is 1210. The summed E-state index contributed by atoms with van der Waals surface area (Å²) in [5.74, 6) is 0.346. The number of imide groups is 1. The van der Waals surface area contributed by atoms with Crippen molar-refractivity contribution in [2.45, 2.75) is 69.2 Å². The van der Waals surface area contributed by atoms with Crippen LogP contribution in [0.15, 0.2) is 36.7 Å². The number of rotatable bonds is 5. The summed E-state index contributed by atoms with van der Waals surface area (Å²) >= 11 is 6.36. The highest BCUT2D eigenvalue weighted by molar-refractivity contribution is 6.31. The van der Waals surface area contributed by atoms with Gasteiger partial charge in [-0.1, -0.05) is 18.0 Å². The van der Waals surface area contributed by atoms with E-state index in [-0.39, 0.29) is 24.3 Å². The van der Waals surface area contributed by atoms with Gasteiger partial charge in [-0.25, -0.2) is 0 Å². The van der Waals surface area contributed by atoms with E-state index < -0.39 is 11.9 Å². The maximum atomic E-state index is 13.0. The van der Waals surface area contributed by atoms with Crippen molar-refractivity contribution in [1.29, 1.82) is 0 Å². The van der Waals surface area contributed by atoms with Gasteiger partial charge in [0.15, 0.2) is 0 Å². The van der Waals surface area contributed by atoms with E-state index in [0.717, 1.165) is 48.7 Å². The number of carbonyl (C=O) groups excluding carboxylic acids is 3. The number of benzene rings is 1. The van der Waals surface area contributed by atoms with Crippen molar-refractivity contribution in [3.63, 3.8) is 0 Å². The molecule has 4 aliphatic rings. The lowest BCUT2D eigenvalue weighted by Crippen LogP contribution is -2.57. The summed E-state index contributed by atoms with van der Waals surface area (Å²) in [5.41, 5.74) is 2.64. The van der Waals surface area contributed by atoms with Crippen LogP contribution in [-0.4, -0.2) is 63.8 Å². The number of aromatic nitrogens is 1. The quantitative estimate of drug-likeness (QED) is 0.623. The van der Waals surface area contributed by atoms with Crippen LogP contribution < -0.4 is 10.1 Å². The molecule has 188 valence electrons. The molecule has 8 nitrogen and oxygen atoms in total. The first-order valence-electron chi connectivity index (χ1n) is 12.8. The van der Waals surface area contributed by atoms with Gasteiger partial charge in [0.05, 0.1) is 5.02 Å². The van der Waals surface area contributed by atoms with E-state index in [2.05, 4.69) is 15.2 Å². The van der Waals surface area contributed by atoms with Gasteiger partial charge in [-0.15, -0.1) is 0 Å². The van der Waals surface area contributed by atoms with Gasteiger partial charge in [-0.2, -0.15) is 0 Å². The molecule has 3 amide bonds. The summed E-state index contributed by atoms with van der Waals surface area (Å²) in [6.07, 6.45) is 8.66. The van der Waals surface area contributed by atoms with Crippen molar-refractivity contribution in [2.75, 3.05) is 13.1 Å². The van der Waals surface area contributed by atoms with Crippen LogP contribution in [0, 0.1) is 0 Å². The molecular weight excluding hydrogens is 480 g/mol. The van der Waals surface area contributed by atoms with Gasteiger partial charge < -0.3 is 9.64 Å². The van der Waals surface area contributed by atoms with Gasteiger partial charge in [0.25, 0.3) is 5.91 Å². The molecule has 4 heterocycles. The van der Waals surface area contributed by atoms with Gasteiger partial charge >= 0.3 is 0 Å². The Kier molecular flexibility index (Phi) is 6.17. The molecule has 3 fully saturated rings. The fraction of sp³-hybridized carbons (Fsp3) is 0.481. The molecule has 0 radical (unpaired) electrons. The average molecular weight is 509 g/mol. The van der Waals surface area contributed by atoms with Gasteiger partial charge in [-0.05, 0) is 61.1 Å². The van der Waals surface area contributed by atoms with Crippen molar-refractivity contribution in [2.24, 2.45) is 0 Å². The Morgan fingerprint density at radius 1 is 1.06 bits per heavy atom. The predicted molar refractivity (Wildman–Crippen MR) is 133 cm³/mol. The summed E-state index contributed by atoms with van der Waals surface area (Å²) in [6.45, 7) is 2.29. The van der Waals surface area contributed by atoms with E-state index in [0.29, 0.717) is 30.5 Å². The Morgan fingerprint density at radius 2 is 1.89 bits per heavy atom. The number of hydrogen-bond acceptors (Lipinski definition) is 6. The van der Waals surface area contributed by atoms with E-state index >= 15 is 0 Å². The molecule has 1 N–H and O–H groups in total. The maximum Gasteiger partial charge on any atom is 0.255 e. The number of pyridine rings is 1. The van der Waals surface area contributed by atoms with Crippen molar-refractivity contribution in [3.8, 4) is 5.75 Å². The second-order valence-corrected chi connectivity index (χ2v) is 10.7. The summed E-state index contributed by atoms with van der Waals surface area (Å²) in [5, 5.41) is 3.08. The molecule has 2 saturated heterocycles. The number of nitrogens with one attached hydrogen (secondary N) is 1. The minimum Gasteiger partial charge on any atom is -0.489 e. The van der Waals surface area contributed by atoms with Crippen LogP contribution >= 0.6 is 11.6 Å². The monoisotopic (exact) mass is 508 g/mol. The van der Waals surface area contributed by atoms with E-state index in [9.17, 15) is 14.4 Å². The second-order valence-electron chi connectivity index (χ2n) is 10.3. The molecule has 0 spiro atoms. The molecule has 36 heavy (non-hydrogen) atoms. The van der Waals surface area contributed by atoms with Crippen molar-refractivity contribution < 1.29 is 19.1 Å². The van der Waals surface area contributed by atoms with Gasteiger partial charge in [0.2, 0.25) is 11.8 Å². The molecule has 1 aliphatic carbocycles. The van der Waals surface area contributed by atoms with Crippen LogP contribution in [0.5, 0.6) is 5.75 Å². The third kappa shape index (κ3) is 4.26. The zero-order chi connectivity index (χ0) is 24.8. The fourth-order valence-corrected chi connectivity index (χ4v) is 6.40.